The molecular formula is C28H30NP2SSi-. The minimum Gasteiger partial charge on any atom is -0.359 e. The Morgan fingerprint density at radius 2 is 0.848 bits per heavy atom. The second-order valence-corrected chi connectivity index (χ2v) is 21.6. The molecule has 4 rings (SSSR count). The van der Waals surface area contributed by atoms with E-state index in [1.165, 1.54) is 21.2 Å². The van der Waals surface area contributed by atoms with E-state index in [0.29, 0.717) is 0 Å². The molecule has 1 nitrogen and oxygen atoms in total. The lowest BCUT2D eigenvalue weighted by molar-refractivity contribution is 1.58. The van der Waals surface area contributed by atoms with Crippen molar-refractivity contribution in [1.82, 2.24) is 0 Å². The van der Waals surface area contributed by atoms with Crippen LogP contribution < -0.4 is 21.2 Å². The summed E-state index contributed by atoms with van der Waals surface area (Å²) in [4.78, 5) is 0. The number of hydrogen-bond acceptors (Lipinski definition) is 2. The third-order valence-corrected chi connectivity index (χ3v) is 18.1. The van der Waals surface area contributed by atoms with Crippen LogP contribution in [0.2, 0.25) is 19.6 Å². The first kappa shape index (κ1) is 24.1. The van der Waals surface area contributed by atoms with E-state index in [-0.39, 0.29) is 0 Å². The minimum atomic E-state index is -2.28. The van der Waals surface area contributed by atoms with Crippen molar-refractivity contribution in [1.29, 1.82) is 0 Å². The van der Waals surface area contributed by atoms with Crippen molar-refractivity contribution in [2.24, 2.45) is 4.41 Å². The van der Waals surface area contributed by atoms with E-state index in [1.54, 1.807) is 0 Å². The van der Waals surface area contributed by atoms with E-state index >= 15 is 0 Å². The highest BCUT2D eigenvalue weighted by molar-refractivity contribution is 8.26. The Hall–Kier alpha value is -2.02. The summed E-state index contributed by atoms with van der Waals surface area (Å²) < 4.78 is 5.77. The molecule has 4 aromatic rings. The van der Waals surface area contributed by atoms with Gasteiger partial charge in [0.2, 0.25) is 0 Å². The molecular weight excluding hydrogens is 472 g/mol. The molecule has 0 saturated carbocycles. The predicted octanol–water partition coefficient (Wildman–Crippen LogP) is 6.92. The van der Waals surface area contributed by atoms with Gasteiger partial charge in [-0.3, -0.25) is 0 Å². The Kier molecular flexibility index (Phi) is 7.36. The van der Waals surface area contributed by atoms with E-state index < -0.39 is 21.3 Å². The molecule has 0 fully saturated rings. The highest BCUT2D eigenvalue weighted by Gasteiger charge is 2.27. The van der Waals surface area contributed by atoms with Crippen molar-refractivity contribution in [2.75, 3.05) is 0 Å². The van der Waals surface area contributed by atoms with Crippen LogP contribution in [0.4, 0.5) is 0 Å². The zero-order valence-electron chi connectivity index (χ0n) is 19.4. The van der Waals surface area contributed by atoms with Crippen LogP contribution in [0.3, 0.4) is 0 Å². The van der Waals surface area contributed by atoms with Crippen molar-refractivity contribution in [2.45, 2.75) is 19.6 Å². The van der Waals surface area contributed by atoms with Gasteiger partial charge >= 0.3 is 0 Å². The number of benzene rings is 4. The molecule has 0 bridgehead atoms. The highest BCUT2D eigenvalue weighted by Crippen LogP contribution is 2.66. The number of nitrogens with zero attached hydrogens (tertiary/aromatic N) is 1. The van der Waals surface area contributed by atoms with Gasteiger partial charge in [-0.2, -0.15) is 0 Å². The van der Waals surface area contributed by atoms with E-state index in [0.717, 1.165) is 0 Å². The van der Waals surface area contributed by atoms with Gasteiger partial charge in [0.05, 0.1) is 0 Å². The maximum atomic E-state index is 6.71. The van der Waals surface area contributed by atoms with Crippen LogP contribution in [0.5, 0.6) is 0 Å². The topological polar surface area (TPSA) is 12.4 Å². The van der Waals surface area contributed by atoms with E-state index in [4.69, 9.17) is 16.2 Å². The van der Waals surface area contributed by atoms with Crippen molar-refractivity contribution >= 4 is 54.4 Å². The summed E-state index contributed by atoms with van der Waals surface area (Å²) in [5.41, 5.74) is 0. The van der Waals surface area contributed by atoms with Crippen molar-refractivity contribution in [3.05, 3.63) is 127 Å². The molecule has 0 atom stereocenters. The highest BCUT2D eigenvalue weighted by atomic mass is 32.4. The molecule has 0 saturated heterocycles. The summed E-state index contributed by atoms with van der Waals surface area (Å²) in [5, 5.41) is 4.99. The Balaban J connectivity index is 2.08. The van der Waals surface area contributed by atoms with Crippen LogP contribution >= 0.6 is 13.1 Å². The summed E-state index contributed by atoms with van der Waals surface area (Å²) >= 11 is 6.71. The summed E-state index contributed by atoms with van der Waals surface area (Å²) in [6, 6.07) is 40.8. The Morgan fingerprint density at radius 3 is 1.15 bits per heavy atom. The summed E-state index contributed by atoms with van der Waals surface area (Å²) in [7, 11) is -4.11. The summed E-state index contributed by atoms with van der Waals surface area (Å²) in [6.07, 6.45) is 0. The van der Waals surface area contributed by atoms with Crippen LogP contribution in [0.25, 0.3) is 0 Å². The summed E-state index contributed by atoms with van der Waals surface area (Å²) in [5.74, 6) is 2.53. The van der Waals surface area contributed by atoms with Crippen LogP contribution in [-0.2, 0) is 11.8 Å². The molecule has 0 heterocycles. The second-order valence-electron chi connectivity index (χ2n) is 9.07. The average molecular weight is 503 g/mol. The van der Waals surface area contributed by atoms with E-state index in [9.17, 15) is 0 Å². The first-order chi connectivity index (χ1) is 15.8. The fourth-order valence-electron chi connectivity index (χ4n) is 4.02. The molecule has 0 amide bonds. The van der Waals surface area contributed by atoms with Crippen LogP contribution in [0, 0.1) is 5.90 Å². The van der Waals surface area contributed by atoms with Gasteiger partial charge in [0.1, 0.15) is 0 Å². The first-order valence-electron chi connectivity index (χ1n) is 11.2. The first-order valence-corrected chi connectivity index (χ1v) is 19.3. The predicted molar refractivity (Wildman–Crippen MR) is 156 cm³/mol. The van der Waals surface area contributed by atoms with Crippen LogP contribution in [0.15, 0.2) is 126 Å². The number of rotatable bonds is 7. The standard InChI is InChI=1S/C28H30NP2SSi/c1-33(2,3)29-30(25-16-8-4-9-17-25,26-18-10-5-11-19-26)24-31(32,27-20-12-6-13-21-27)28-22-14-7-15-23-28/h4-24H,1-3H3/q-1. The fraction of sp³-hybridized carbons (Fsp3) is 0.107. The summed E-state index contributed by atoms with van der Waals surface area (Å²) in [6.45, 7) is 6.99. The monoisotopic (exact) mass is 502 g/mol. The van der Waals surface area contributed by atoms with Crippen molar-refractivity contribution < 1.29 is 0 Å². The molecule has 0 N–H and O–H groups in total. The quantitative estimate of drug-likeness (QED) is 0.152. The largest absolute Gasteiger partial charge is 0.359 e. The van der Waals surface area contributed by atoms with Gasteiger partial charge in [-0.05, 0) is 21.2 Å². The average Bonchev–Trinajstić information content (AvgIpc) is 2.85. The SMILES string of the molecule is C[Si](C)(C)N=P([CH-]P(=S)(c1ccccc1)c1ccccc1)(c1ccccc1)c1ccccc1. The smallest absolute Gasteiger partial charge is 0.167 e. The van der Waals surface area contributed by atoms with Crippen molar-refractivity contribution in [3.8, 4) is 0 Å². The zero-order chi connectivity index (χ0) is 23.4. The lowest BCUT2D eigenvalue weighted by Gasteiger charge is -2.45. The molecule has 33 heavy (non-hydrogen) atoms. The van der Waals surface area contributed by atoms with Gasteiger partial charge in [0.25, 0.3) is 0 Å². The van der Waals surface area contributed by atoms with Crippen LogP contribution in [0.1, 0.15) is 0 Å². The van der Waals surface area contributed by atoms with Gasteiger partial charge in [0.15, 0.2) is 8.24 Å². The Bertz CT molecular complexity index is 1200. The third kappa shape index (κ3) is 5.39. The lowest BCUT2D eigenvalue weighted by Crippen LogP contribution is -2.26. The van der Waals surface area contributed by atoms with Gasteiger partial charge in [-0.1, -0.05) is 141 Å². The molecule has 0 aliphatic rings. The third-order valence-electron chi connectivity index (χ3n) is 5.37. The molecule has 168 valence electrons. The lowest BCUT2D eigenvalue weighted by atomic mass is 10.4. The fourth-order valence-corrected chi connectivity index (χ4v) is 18.5. The van der Waals surface area contributed by atoms with E-state index in [2.05, 4.69) is 147 Å². The van der Waals surface area contributed by atoms with Gasteiger partial charge in [0, 0.05) is 0 Å². The second kappa shape index (κ2) is 10.1. The van der Waals surface area contributed by atoms with Gasteiger partial charge < -0.3 is 4.41 Å². The zero-order valence-corrected chi connectivity index (χ0v) is 23.0. The molecule has 4 aromatic carbocycles. The minimum absolute atomic E-state index is 1.22. The molecule has 0 spiro atoms. The maximum absolute atomic E-state index is 6.71. The maximum Gasteiger partial charge on any atom is 0.167 e. The molecule has 0 aliphatic carbocycles. The van der Waals surface area contributed by atoms with Crippen molar-refractivity contribution in [3.63, 3.8) is 0 Å². The molecule has 0 unspecified atom stereocenters. The Morgan fingerprint density at radius 1 is 0.545 bits per heavy atom. The molecule has 0 aromatic heterocycles. The molecule has 0 aliphatic heterocycles. The Labute approximate surface area is 205 Å². The van der Waals surface area contributed by atoms with Crippen LogP contribution in [-0.4, -0.2) is 8.24 Å². The van der Waals surface area contributed by atoms with Gasteiger partial charge in [-0.25, -0.2) is 5.90 Å². The molecule has 5 heteroatoms. The van der Waals surface area contributed by atoms with Gasteiger partial charge in [-0.15, -0.1) is 24.9 Å². The molecule has 0 radical (unpaired) electrons. The normalized spacial score (nSPS) is 12.3. The van der Waals surface area contributed by atoms with E-state index in [1.807, 2.05) is 0 Å². The number of hydrogen-bond donors (Lipinski definition) is 0.